The topological polar surface area (TPSA) is 72.5 Å². The second-order valence-corrected chi connectivity index (χ2v) is 4.26. The second-order valence-electron chi connectivity index (χ2n) is 3.10. The first-order valence-electron chi connectivity index (χ1n) is 4.35. The standard InChI is InChI=1S/C10H12INO3/c1-15-9-3-2-6(4-7(9)11)8(12)5-10(13)14/h2-4,8H,5,12H2,1H3,(H,13,14)/t8-/m1/s1. The first-order chi connectivity index (χ1) is 7.04. The summed E-state index contributed by atoms with van der Waals surface area (Å²) in [5, 5.41) is 8.61. The lowest BCUT2D eigenvalue weighted by molar-refractivity contribution is -0.137. The van der Waals surface area contributed by atoms with E-state index in [2.05, 4.69) is 22.6 Å². The summed E-state index contributed by atoms with van der Waals surface area (Å²) >= 11 is 2.13. The normalized spacial score (nSPS) is 12.2. The van der Waals surface area contributed by atoms with Gasteiger partial charge in [0.05, 0.1) is 17.1 Å². The van der Waals surface area contributed by atoms with Gasteiger partial charge in [0, 0.05) is 6.04 Å². The Balaban J connectivity index is 2.87. The fraction of sp³-hybridized carbons (Fsp3) is 0.300. The zero-order chi connectivity index (χ0) is 11.4. The van der Waals surface area contributed by atoms with Crippen molar-refractivity contribution in [1.29, 1.82) is 0 Å². The molecule has 0 saturated carbocycles. The van der Waals surface area contributed by atoms with Gasteiger partial charge in [-0.1, -0.05) is 6.07 Å². The van der Waals surface area contributed by atoms with Crippen LogP contribution in [-0.4, -0.2) is 18.2 Å². The van der Waals surface area contributed by atoms with Gasteiger partial charge in [0.2, 0.25) is 0 Å². The number of ether oxygens (including phenoxy) is 1. The zero-order valence-corrected chi connectivity index (χ0v) is 10.4. The molecule has 1 aromatic rings. The number of methoxy groups -OCH3 is 1. The summed E-state index contributed by atoms with van der Waals surface area (Å²) in [5.74, 6) is -0.129. The highest BCUT2D eigenvalue weighted by molar-refractivity contribution is 14.1. The number of benzene rings is 1. The summed E-state index contributed by atoms with van der Waals surface area (Å²) < 4.78 is 6.02. The lowest BCUT2D eigenvalue weighted by Crippen LogP contribution is -2.15. The van der Waals surface area contributed by atoms with Crippen molar-refractivity contribution in [2.24, 2.45) is 5.73 Å². The van der Waals surface area contributed by atoms with Crippen LogP contribution in [-0.2, 0) is 4.79 Å². The maximum Gasteiger partial charge on any atom is 0.305 e. The minimum atomic E-state index is -0.895. The highest BCUT2D eigenvalue weighted by Crippen LogP contribution is 2.24. The quantitative estimate of drug-likeness (QED) is 0.829. The van der Waals surface area contributed by atoms with Crippen LogP contribution in [0.25, 0.3) is 0 Å². The summed E-state index contributed by atoms with van der Waals surface area (Å²) in [7, 11) is 1.59. The maximum atomic E-state index is 10.5. The van der Waals surface area contributed by atoms with E-state index in [1.165, 1.54) is 0 Å². The fourth-order valence-corrected chi connectivity index (χ4v) is 1.98. The summed E-state index contributed by atoms with van der Waals surface area (Å²) in [6.07, 6.45) is -0.0671. The van der Waals surface area contributed by atoms with E-state index in [0.29, 0.717) is 0 Å². The molecule has 0 saturated heterocycles. The molecule has 0 aromatic heterocycles. The van der Waals surface area contributed by atoms with E-state index >= 15 is 0 Å². The zero-order valence-electron chi connectivity index (χ0n) is 8.24. The van der Waals surface area contributed by atoms with Crippen LogP contribution in [0.15, 0.2) is 18.2 Å². The lowest BCUT2D eigenvalue weighted by Gasteiger charge is -2.11. The number of nitrogens with two attached hydrogens (primary N) is 1. The summed E-state index contributed by atoms with van der Waals surface area (Å²) in [4.78, 5) is 10.5. The third kappa shape index (κ3) is 3.35. The first-order valence-corrected chi connectivity index (χ1v) is 5.43. The number of halogens is 1. The Morgan fingerprint density at radius 2 is 2.33 bits per heavy atom. The number of carboxylic acids is 1. The van der Waals surface area contributed by atoms with E-state index in [1.54, 1.807) is 19.2 Å². The number of rotatable bonds is 4. The van der Waals surface area contributed by atoms with Gasteiger partial charge >= 0.3 is 5.97 Å². The SMILES string of the molecule is COc1ccc([C@H](N)CC(=O)O)cc1I. The molecule has 0 aliphatic heterocycles. The Morgan fingerprint density at radius 3 is 2.80 bits per heavy atom. The Bertz CT molecular complexity index is 368. The molecular formula is C10H12INO3. The molecule has 0 unspecified atom stereocenters. The first kappa shape index (κ1) is 12.3. The van der Waals surface area contributed by atoms with Crippen LogP contribution in [0, 0.1) is 3.57 Å². The largest absolute Gasteiger partial charge is 0.496 e. The van der Waals surface area contributed by atoms with Crippen molar-refractivity contribution in [2.75, 3.05) is 7.11 Å². The van der Waals surface area contributed by atoms with Crippen LogP contribution >= 0.6 is 22.6 Å². The summed E-state index contributed by atoms with van der Waals surface area (Å²) in [6.45, 7) is 0. The van der Waals surface area contributed by atoms with E-state index in [-0.39, 0.29) is 6.42 Å². The highest BCUT2D eigenvalue weighted by Gasteiger charge is 2.12. The van der Waals surface area contributed by atoms with Gasteiger partial charge in [-0.2, -0.15) is 0 Å². The Hall–Kier alpha value is -0.820. The third-order valence-electron chi connectivity index (χ3n) is 2.00. The van der Waals surface area contributed by atoms with Crippen LogP contribution in [0.2, 0.25) is 0 Å². The highest BCUT2D eigenvalue weighted by atomic mass is 127. The molecule has 0 radical (unpaired) electrons. The molecule has 4 nitrogen and oxygen atoms in total. The van der Waals surface area contributed by atoms with Crippen LogP contribution < -0.4 is 10.5 Å². The number of carboxylic acid groups (broad SMARTS) is 1. The van der Waals surface area contributed by atoms with Crippen molar-refractivity contribution in [3.05, 3.63) is 27.3 Å². The van der Waals surface area contributed by atoms with Gasteiger partial charge in [0.1, 0.15) is 5.75 Å². The number of hydrogen-bond donors (Lipinski definition) is 2. The monoisotopic (exact) mass is 321 g/mol. The fourth-order valence-electron chi connectivity index (χ4n) is 1.22. The molecule has 1 aromatic carbocycles. The van der Waals surface area contributed by atoms with E-state index in [0.717, 1.165) is 14.9 Å². The number of hydrogen-bond acceptors (Lipinski definition) is 3. The lowest BCUT2D eigenvalue weighted by atomic mass is 10.1. The Kier molecular flexibility index (Phi) is 4.34. The minimum Gasteiger partial charge on any atom is -0.496 e. The smallest absolute Gasteiger partial charge is 0.305 e. The van der Waals surface area contributed by atoms with E-state index in [9.17, 15) is 4.79 Å². The molecular weight excluding hydrogens is 309 g/mol. The minimum absolute atomic E-state index is 0.0671. The molecule has 0 amide bonds. The van der Waals surface area contributed by atoms with Gasteiger partial charge in [0.15, 0.2) is 0 Å². The Labute approximate surface area is 102 Å². The average molecular weight is 321 g/mol. The van der Waals surface area contributed by atoms with Crippen LogP contribution in [0.1, 0.15) is 18.0 Å². The summed E-state index contributed by atoms with van der Waals surface area (Å²) in [6, 6.07) is 4.95. The van der Waals surface area contributed by atoms with Crippen molar-refractivity contribution in [3.63, 3.8) is 0 Å². The van der Waals surface area contributed by atoms with Gasteiger partial charge in [-0.3, -0.25) is 4.79 Å². The van der Waals surface area contributed by atoms with Crippen LogP contribution in [0.4, 0.5) is 0 Å². The van der Waals surface area contributed by atoms with Crippen LogP contribution in [0.3, 0.4) is 0 Å². The van der Waals surface area contributed by atoms with Crippen molar-refractivity contribution in [1.82, 2.24) is 0 Å². The average Bonchev–Trinajstić information content (AvgIpc) is 2.16. The van der Waals surface area contributed by atoms with Gasteiger partial charge < -0.3 is 15.6 Å². The van der Waals surface area contributed by atoms with Gasteiger partial charge in [-0.05, 0) is 40.3 Å². The number of carbonyl (C=O) groups is 1. The molecule has 3 N–H and O–H groups in total. The molecule has 5 heteroatoms. The second kappa shape index (κ2) is 5.32. The molecule has 0 bridgehead atoms. The van der Waals surface area contributed by atoms with Crippen molar-refractivity contribution < 1.29 is 14.6 Å². The molecule has 82 valence electrons. The summed E-state index contributed by atoms with van der Waals surface area (Å²) in [5.41, 5.74) is 6.54. The number of aliphatic carboxylic acids is 1. The molecule has 0 fully saturated rings. The molecule has 1 atom stereocenters. The molecule has 0 heterocycles. The van der Waals surface area contributed by atoms with Crippen molar-refractivity contribution in [2.45, 2.75) is 12.5 Å². The molecule has 15 heavy (non-hydrogen) atoms. The van der Waals surface area contributed by atoms with Crippen LogP contribution in [0.5, 0.6) is 5.75 Å². The van der Waals surface area contributed by atoms with Gasteiger partial charge in [0.25, 0.3) is 0 Å². The van der Waals surface area contributed by atoms with Gasteiger partial charge in [-0.15, -0.1) is 0 Å². The van der Waals surface area contributed by atoms with Gasteiger partial charge in [-0.25, -0.2) is 0 Å². The predicted molar refractivity (Wildman–Crippen MR) is 64.9 cm³/mol. The third-order valence-corrected chi connectivity index (χ3v) is 2.84. The van der Waals surface area contributed by atoms with E-state index < -0.39 is 12.0 Å². The van der Waals surface area contributed by atoms with Crippen molar-refractivity contribution in [3.8, 4) is 5.75 Å². The maximum absolute atomic E-state index is 10.5. The molecule has 0 aliphatic rings. The Morgan fingerprint density at radius 1 is 1.67 bits per heavy atom. The predicted octanol–water partition coefficient (Wildman–Crippen LogP) is 1.77. The molecule has 0 spiro atoms. The van der Waals surface area contributed by atoms with E-state index in [1.807, 2.05) is 6.07 Å². The van der Waals surface area contributed by atoms with E-state index in [4.69, 9.17) is 15.6 Å². The molecule has 0 aliphatic carbocycles. The molecule has 1 rings (SSSR count). The van der Waals surface area contributed by atoms with Crippen molar-refractivity contribution >= 4 is 28.6 Å².